The summed E-state index contributed by atoms with van der Waals surface area (Å²) in [5, 5.41) is 0. The van der Waals surface area contributed by atoms with Crippen molar-refractivity contribution in [3.05, 3.63) is 72.9 Å². The van der Waals surface area contributed by atoms with Gasteiger partial charge in [-0.1, -0.05) is 216 Å². The van der Waals surface area contributed by atoms with Crippen molar-refractivity contribution in [2.45, 2.75) is 252 Å². The number of hydrogen-bond acceptors (Lipinski definition) is 6. The van der Waals surface area contributed by atoms with Crippen LogP contribution < -0.4 is 0 Å². The third-order valence-corrected chi connectivity index (χ3v) is 10.9. The molecule has 0 aromatic carbocycles. The van der Waals surface area contributed by atoms with Crippen molar-refractivity contribution in [2.24, 2.45) is 0 Å². The van der Waals surface area contributed by atoms with Crippen LogP contribution in [0, 0.1) is 0 Å². The van der Waals surface area contributed by atoms with Gasteiger partial charge in [0.1, 0.15) is 13.2 Å². The normalized spacial score (nSPS) is 12.6. The molecule has 0 heterocycles. The molecule has 0 saturated carbocycles. The number of ether oxygens (including phenoxy) is 3. The van der Waals surface area contributed by atoms with Crippen LogP contribution in [0.3, 0.4) is 0 Å². The smallest absolute Gasteiger partial charge is 0.306 e. The molecule has 6 nitrogen and oxygen atoms in total. The van der Waals surface area contributed by atoms with E-state index in [9.17, 15) is 14.4 Å². The summed E-state index contributed by atoms with van der Waals surface area (Å²) in [5.41, 5.74) is 0. The lowest BCUT2D eigenvalue weighted by molar-refractivity contribution is -0.167. The van der Waals surface area contributed by atoms with Crippen molar-refractivity contribution in [3.63, 3.8) is 0 Å². The number of unbranched alkanes of at least 4 members (excludes halogenated alkanes) is 23. The molecule has 0 spiro atoms. The second kappa shape index (κ2) is 50.5. The van der Waals surface area contributed by atoms with Gasteiger partial charge in [0.05, 0.1) is 0 Å². The van der Waals surface area contributed by atoms with Crippen molar-refractivity contribution in [3.8, 4) is 0 Å². The first-order valence-corrected chi connectivity index (χ1v) is 25.9. The van der Waals surface area contributed by atoms with Gasteiger partial charge in [0.2, 0.25) is 0 Å². The summed E-state index contributed by atoms with van der Waals surface area (Å²) in [6.07, 6.45) is 63.2. The minimum Gasteiger partial charge on any atom is -0.462 e. The zero-order valence-corrected chi connectivity index (χ0v) is 40.6. The molecule has 62 heavy (non-hydrogen) atoms. The molecule has 0 amide bonds. The monoisotopic (exact) mass is 865 g/mol. The molecule has 0 aliphatic carbocycles. The highest BCUT2D eigenvalue weighted by Gasteiger charge is 2.19. The number of esters is 3. The SMILES string of the molecule is CC/C=C\C/C=C\C/C=C\C/C=C\C/C=C\CCCCCC(=O)OCC(COC(=O)CCCCCC/C=C\CCCC)OC(=O)CCCCCCCCCCCCCCCCC. The van der Waals surface area contributed by atoms with E-state index in [1.165, 1.54) is 89.9 Å². The molecule has 0 aromatic heterocycles. The molecule has 1 atom stereocenters. The van der Waals surface area contributed by atoms with Crippen LogP contribution >= 0.6 is 0 Å². The van der Waals surface area contributed by atoms with E-state index in [0.717, 1.165) is 116 Å². The summed E-state index contributed by atoms with van der Waals surface area (Å²) >= 11 is 0. The molecule has 0 aliphatic rings. The first-order chi connectivity index (χ1) is 30.5. The van der Waals surface area contributed by atoms with E-state index in [-0.39, 0.29) is 31.1 Å². The minimum absolute atomic E-state index is 0.0908. The van der Waals surface area contributed by atoms with Crippen LogP contribution in [0.2, 0.25) is 0 Å². The molecule has 0 fully saturated rings. The summed E-state index contributed by atoms with van der Waals surface area (Å²) in [5.74, 6) is -0.933. The van der Waals surface area contributed by atoms with Crippen molar-refractivity contribution in [1.29, 1.82) is 0 Å². The van der Waals surface area contributed by atoms with Gasteiger partial charge < -0.3 is 14.2 Å². The molecular weight excluding hydrogens is 769 g/mol. The second-order valence-corrected chi connectivity index (χ2v) is 17.1. The van der Waals surface area contributed by atoms with Gasteiger partial charge >= 0.3 is 17.9 Å². The van der Waals surface area contributed by atoms with Gasteiger partial charge in [0.15, 0.2) is 6.10 Å². The number of allylic oxidation sites excluding steroid dienone is 12. The lowest BCUT2D eigenvalue weighted by Crippen LogP contribution is -2.30. The molecule has 0 saturated heterocycles. The van der Waals surface area contributed by atoms with Crippen molar-refractivity contribution >= 4 is 17.9 Å². The minimum atomic E-state index is -0.790. The number of hydrogen-bond donors (Lipinski definition) is 0. The number of carbonyl (C=O) groups excluding carboxylic acids is 3. The fourth-order valence-corrected chi connectivity index (χ4v) is 7.04. The Morgan fingerprint density at radius 3 is 1.06 bits per heavy atom. The highest BCUT2D eigenvalue weighted by atomic mass is 16.6. The average Bonchev–Trinajstić information content (AvgIpc) is 3.27. The van der Waals surface area contributed by atoms with Crippen LogP contribution in [0.25, 0.3) is 0 Å². The summed E-state index contributed by atoms with van der Waals surface area (Å²) in [7, 11) is 0. The Hall–Kier alpha value is -3.15. The van der Waals surface area contributed by atoms with Crippen molar-refractivity contribution in [2.75, 3.05) is 13.2 Å². The molecule has 356 valence electrons. The van der Waals surface area contributed by atoms with Crippen molar-refractivity contribution < 1.29 is 28.6 Å². The van der Waals surface area contributed by atoms with E-state index >= 15 is 0 Å². The van der Waals surface area contributed by atoms with Crippen LogP contribution in [-0.4, -0.2) is 37.2 Å². The fraction of sp³-hybridized carbons (Fsp3) is 0.732. The molecule has 1 unspecified atom stereocenters. The first kappa shape index (κ1) is 58.9. The molecule has 6 heteroatoms. The van der Waals surface area contributed by atoms with Crippen LogP contribution in [0.5, 0.6) is 0 Å². The summed E-state index contributed by atoms with van der Waals surface area (Å²) in [4.78, 5) is 37.9. The van der Waals surface area contributed by atoms with Gasteiger partial charge in [0, 0.05) is 19.3 Å². The van der Waals surface area contributed by atoms with E-state index in [1.807, 2.05) is 0 Å². The molecule has 0 rings (SSSR count). The Morgan fingerprint density at radius 2 is 0.645 bits per heavy atom. The summed E-state index contributed by atoms with van der Waals surface area (Å²) < 4.78 is 16.7. The van der Waals surface area contributed by atoms with Crippen LogP contribution in [-0.2, 0) is 28.6 Å². The van der Waals surface area contributed by atoms with Crippen LogP contribution in [0.4, 0.5) is 0 Å². The summed E-state index contributed by atoms with van der Waals surface area (Å²) in [6.45, 7) is 6.45. The molecule has 0 aromatic rings. The maximum atomic E-state index is 12.8. The zero-order valence-electron chi connectivity index (χ0n) is 40.6. The summed E-state index contributed by atoms with van der Waals surface area (Å²) in [6, 6.07) is 0. The molecule has 0 radical (unpaired) electrons. The van der Waals surface area contributed by atoms with Gasteiger partial charge in [-0.2, -0.15) is 0 Å². The quantitative estimate of drug-likeness (QED) is 0.0262. The highest BCUT2D eigenvalue weighted by molar-refractivity contribution is 5.71. The van der Waals surface area contributed by atoms with Crippen LogP contribution in [0.15, 0.2) is 72.9 Å². The van der Waals surface area contributed by atoms with Gasteiger partial charge in [-0.25, -0.2) is 0 Å². The zero-order chi connectivity index (χ0) is 45.1. The molecular formula is C56H96O6. The predicted molar refractivity (Wildman–Crippen MR) is 265 cm³/mol. The Morgan fingerprint density at radius 1 is 0.339 bits per heavy atom. The Balaban J connectivity index is 4.40. The molecule has 0 aliphatic heterocycles. The Labute approximate surface area is 382 Å². The molecule has 0 bridgehead atoms. The standard InChI is InChI=1S/C56H96O6/c1-4-7-10-13-16-19-22-24-26-27-28-29-31-32-34-37-40-43-46-49-55(58)61-52-53(51-60-54(57)48-45-42-39-36-21-18-15-12-9-6-3)62-56(59)50-47-44-41-38-35-33-30-25-23-20-17-14-11-8-5-2/h7,10,15-16,18-19,24,26,28-29,32,34,53H,4-6,8-9,11-14,17,20-23,25,27,30-31,33,35-52H2,1-3H3/b10-7-,18-15-,19-16-,26-24-,29-28-,34-32-. The van der Waals surface area contributed by atoms with Gasteiger partial charge in [-0.05, 0) is 83.5 Å². The number of rotatable bonds is 46. The Bertz CT molecular complexity index is 1180. The fourth-order valence-electron chi connectivity index (χ4n) is 7.04. The van der Waals surface area contributed by atoms with Gasteiger partial charge in [-0.15, -0.1) is 0 Å². The lowest BCUT2D eigenvalue weighted by Gasteiger charge is -2.18. The highest BCUT2D eigenvalue weighted by Crippen LogP contribution is 2.15. The Kier molecular flexibility index (Phi) is 47.9. The third-order valence-electron chi connectivity index (χ3n) is 10.9. The van der Waals surface area contributed by atoms with E-state index in [1.54, 1.807) is 0 Å². The van der Waals surface area contributed by atoms with Crippen molar-refractivity contribution in [1.82, 2.24) is 0 Å². The topological polar surface area (TPSA) is 78.9 Å². The lowest BCUT2D eigenvalue weighted by atomic mass is 10.0. The van der Waals surface area contributed by atoms with Gasteiger partial charge in [-0.3, -0.25) is 14.4 Å². The predicted octanol–water partition coefficient (Wildman–Crippen LogP) is 17.0. The maximum Gasteiger partial charge on any atom is 0.306 e. The average molecular weight is 865 g/mol. The molecule has 0 N–H and O–H groups in total. The third kappa shape index (κ3) is 47.9. The second-order valence-electron chi connectivity index (χ2n) is 17.1. The first-order valence-electron chi connectivity index (χ1n) is 25.9. The maximum absolute atomic E-state index is 12.8. The number of carbonyl (C=O) groups is 3. The van der Waals surface area contributed by atoms with E-state index in [4.69, 9.17) is 14.2 Å². The van der Waals surface area contributed by atoms with E-state index < -0.39 is 6.10 Å². The van der Waals surface area contributed by atoms with Gasteiger partial charge in [0.25, 0.3) is 0 Å². The van der Waals surface area contributed by atoms with E-state index in [2.05, 4.69) is 93.7 Å². The van der Waals surface area contributed by atoms with E-state index in [0.29, 0.717) is 19.3 Å². The largest absolute Gasteiger partial charge is 0.462 e. The van der Waals surface area contributed by atoms with Crippen LogP contribution in [0.1, 0.15) is 245 Å².